The summed E-state index contributed by atoms with van der Waals surface area (Å²) in [6.07, 6.45) is 4.83. The second-order valence-electron chi connectivity index (χ2n) is 5.33. The van der Waals surface area contributed by atoms with Crippen LogP contribution >= 0.6 is 0 Å². The molecule has 4 N–H and O–H groups in total. The average molecular weight is 297 g/mol. The summed E-state index contributed by atoms with van der Waals surface area (Å²) in [5.41, 5.74) is 2.32. The number of hydrogen-bond acceptors (Lipinski definition) is 6. The Labute approximate surface area is 118 Å². The fourth-order valence-electron chi connectivity index (χ4n) is 2.65. The summed E-state index contributed by atoms with van der Waals surface area (Å²) in [6.45, 7) is 1.75. The van der Waals surface area contributed by atoms with Crippen LogP contribution in [-0.2, 0) is 10.0 Å². The van der Waals surface area contributed by atoms with Gasteiger partial charge in [-0.15, -0.1) is 0 Å². The van der Waals surface area contributed by atoms with E-state index < -0.39 is 10.0 Å². The molecule has 1 saturated carbocycles. The van der Waals surface area contributed by atoms with Gasteiger partial charge in [0.2, 0.25) is 10.0 Å². The van der Waals surface area contributed by atoms with Crippen LogP contribution in [0.3, 0.4) is 0 Å². The number of sulfonamides is 1. The fourth-order valence-corrected chi connectivity index (χ4v) is 4.04. The molecule has 3 rings (SSSR count). The molecule has 2 aliphatic rings. The van der Waals surface area contributed by atoms with Gasteiger partial charge in [0.25, 0.3) is 0 Å². The van der Waals surface area contributed by atoms with Crippen molar-refractivity contribution < 1.29 is 8.42 Å². The number of nitrogens with two attached hydrogens (primary N) is 1. The standard InChI is InChI=1S/C12H19N5O2S/c13-15-12-11(2-1-6-14-12)20(18,19)16-9-5-7-17(8-9)10-3-4-10/h1-2,6,9-10,16H,3-5,7-8,13H2,(H,14,15). The van der Waals surface area contributed by atoms with Crippen LogP contribution in [0.1, 0.15) is 19.3 Å². The van der Waals surface area contributed by atoms with Crippen LogP contribution in [0, 0.1) is 0 Å². The molecule has 0 aromatic carbocycles. The van der Waals surface area contributed by atoms with Crippen molar-refractivity contribution in [1.29, 1.82) is 0 Å². The largest absolute Gasteiger partial charge is 0.307 e. The predicted molar refractivity (Wildman–Crippen MR) is 75.4 cm³/mol. The number of hydrogen-bond donors (Lipinski definition) is 3. The van der Waals surface area contributed by atoms with E-state index in [0.717, 1.165) is 19.5 Å². The molecule has 2 fully saturated rings. The number of hydrazine groups is 1. The van der Waals surface area contributed by atoms with Crippen LogP contribution in [0.25, 0.3) is 0 Å². The van der Waals surface area contributed by atoms with E-state index >= 15 is 0 Å². The van der Waals surface area contributed by atoms with E-state index in [4.69, 9.17) is 5.84 Å². The third kappa shape index (κ3) is 2.78. The van der Waals surface area contributed by atoms with Gasteiger partial charge in [0.1, 0.15) is 4.90 Å². The number of anilines is 1. The van der Waals surface area contributed by atoms with Crippen LogP contribution in [0.4, 0.5) is 5.82 Å². The Balaban J connectivity index is 1.72. The van der Waals surface area contributed by atoms with Crippen molar-refractivity contribution in [2.45, 2.75) is 36.2 Å². The molecule has 0 spiro atoms. The monoisotopic (exact) mass is 297 g/mol. The van der Waals surface area contributed by atoms with E-state index in [9.17, 15) is 8.42 Å². The van der Waals surface area contributed by atoms with Crippen LogP contribution < -0.4 is 16.0 Å². The first-order chi connectivity index (χ1) is 9.60. The first-order valence-corrected chi connectivity index (χ1v) is 8.26. The molecule has 0 radical (unpaired) electrons. The minimum atomic E-state index is -3.60. The van der Waals surface area contributed by atoms with Crippen LogP contribution in [0.2, 0.25) is 0 Å². The molecule has 1 atom stereocenters. The summed E-state index contributed by atoms with van der Waals surface area (Å²) in [5.74, 6) is 5.48. The van der Waals surface area contributed by atoms with Crippen LogP contribution in [-0.4, -0.2) is 43.5 Å². The zero-order valence-electron chi connectivity index (χ0n) is 11.1. The molecule has 0 bridgehead atoms. The Kier molecular flexibility index (Phi) is 3.63. The summed E-state index contributed by atoms with van der Waals surface area (Å²) < 4.78 is 27.5. The van der Waals surface area contributed by atoms with Gasteiger partial charge in [-0.1, -0.05) is 0 Å². The van der Waals surface area contributed by atoms with Gasteiger partial charge < -0.3 is 5.43 Å². The van der Waals surface area contributed by atoms with E-state index in [-0.39, 0.29) is 16.8 Å². The number of aromatic nitrogens is 1. The highest BCUT2D eigenvalue weighted by atomic mass is 32.2. The van der Waals surface area contributed by atoms with Crippen molar-refractivity contribution >= 4 is 15.8 Å². The van der Waals surface area contributed by atoms with Crippen molar-refractivity contribution in [2.75, 3.05) is 18.5 Å². The Bertz CT molecular complexity index is 587. The molecule has 1 aliphatic carbocycles. The van der Waals surface area contributed by atoms with E-state index in [1.807, 2.05) is 0 Å². The number of pyridine rings is 1. The average Bonchev–Trinajstić information content (AvgIpc) is 3.20. The summed E-state index contributed by atoms with van der Waals surface area (Å²) in [5, 5.41) is 0. The first kappa shape index (κ1) is 13.7. The molecule has 110 valence electrons. The lowest BCUT2D eigenvalue weighted by molar-refractivity contribution is 0.322. The number of rotatable bonds is 5. The molecule has 1 aromatic rings. The molecular formula is C12H19N5O2S. The van der Waals surface area contributed by atoms with Gasteiger partial charge in [-0.25, -0.2) is 24.0 Å². The normalized spacial score (nSPS) is 23.9. The smallest absolute Gasteiger partial charge is 0.244 e. The molecule has 20 heavy (non-hydrogen) atoms. The van der Waals surface area contributed by atoms with E-state index in [0.29, 0.717) is 6.04 Å². The summed E-state index contributed by atoms with van der Waals surface area (Å²) in [7, 11) is -3.60. The maximum absolute atomic E-state index is 12.4. The van der Waals surface area contributed by atoms with Gasteiger partial charge in [0.05, 0.1) is 0 Å². The van der Waals surface area contributed by atoms with Gasteiger partial charge in [0, 0.05) is 31.4 Å². The minimum absolute atomic E-state index is 0.0357. The zero-order chi connectivity index (χ0) is 14.2. The lowest BCUT2D eigenvalue weighted by Gasteiger charge is -2.16. The van der Waals surface area contributed by atoms with Crippen LogP contribution in [0.5, 0.6) is 0 Å². The number of nitrogen functional groups attached to an aromatic ring is 1. The number of likely N-dealkylation sites (tertiary alicyclic amines) is 1. The predicted octanol–water partition coefficient (Wildman–Crippen LogP) is -0.118. The maximum atomic E-state index is 12.4. The summed E-state index contributed by atoms with van der Waals surface area (Å²) in [6, 6.07) is 3.72. The molecule has 1 saturated heterocycles. The van der Waals surface area contributed by atoms with Crippen molar-refractivity contribution in [1.82, 2.24) is 14.6 Å². The molecule has 1 aliphatic heterocycles. The minimum Gasteiger partial charge on any atom is -0.307 e. The molecule has 7 nitrogen and oxygen atoms in total. The molecule has 8 heteroatoms. The van der Waals surface area contributed by atoms with Crippen molar-refractivity contribution in [2.24, 2.45) is 5.84 Å². The van der Waals surface area contributed by atoms with E-state index in [2.05, 4.69) is 20.0 Å². The first-order valence-electron chi connectivity index (χ1n) is 6.78. The molecule has 0 amide bonds. The zero-order valence-corrected chi connectivity index (χ0v) is 11.9. The SMILES string of the molecule is NNc1ncccc1S(=O)(=O)NC1CCN(C2CC2)C1. The molecule has 1 aromatic heterocycles. The van der Waals surface area contributed by atoms with Gasteiger partial charge in [-0.2, -0.15) is 0 Å². The second-order valence-corrected chi connectivity index (χ2v) is 7.01. The van der Waals surface area contributed by atoms with Gasteiger partial charge in [0.15, 0.2) is 5.82 Å². The highest BCUT2D eigenvalue weighted by molar-refractivity contribution is 7.89. The number of nitrogens with one attached hydrogen (secondary N) is 2. The third-order valence-electron chi connectivity index (χ3n) is 3.80. The highest BCUT2D eigenvalue weighted by Crippen LogP contribution is 2.30. The van der Waals surface area contributed by atoms with Crippen molar-refractivity contribution in [3.63, 3.8) is 0 Å². The lowest BCUT2D eigenvalue weighted by atomic mass is 10.3. The maximum Gasteiger partial charge on any atom is 0.244 e. The third-order valence-corrected chi connectivity index (χ3v) is 5.35. The Morgan fingerprint density at radius 2 is 2.15 bits per heavy atom. The second kappa shape index (κ2) is 5.28. The van der Waals surface area contributed by atoms with Gasteiger partial charge in [-0.3, -0.25) is 4.90 Å². The van der Waals surface area contributed by atoms with Gasteiger partial charge in [-0.05, 0) is 31.4 Å². The molecule has 1 unspecified atom stereocenters. The molecular weight excluding hydrogens is 278 g/mol. The quantitative estimate of drug-likeness (QED) is 0.517. The van der Waals surface area contributed by atoms with E-state index in [1.54, 1.807) is 6.07 Å². The van der Waals surface area contributed by atoms with Crippen LogP contribution in [0.15, 0.2) is 23.2 Å². The Morgan fingerprint density at radius 1 is 1.35 bits per heavy atom. The Morgan fingerprint density at radius 3 is 2.85 bits per heavy atom. The highest BCUT2D eigenvalue weighted by Gasteiger charge is 2.36. The number of nitrogens with zero attached hydrogens (tertiary/aromatic N) is 2. The lowest BCUT2D eigenvalue weighted by Crippen LogP contribution is -2.37. The fraction of sp³-hybridized carbons (Fsp3) is 0.583. The van der Waals surface area contributed by atoms with E-state index in [1.165, 1.54) is 25.1 Å². The van der Waals surface area contributed by atoms with Crippen molar-refractivity contribution in [3.8, 4) is 0 Å². The summed E-state index contributed by atoms with van der Waals surface area (Å²) in [4.78, 5) is 6.38. The topological polar surface area (TPSA) is 100 Å². The van der Waals surface area contributed by atoms with Crippen molar-refractivity contribution in [3.05, 3.63) is 18.3 Å². The molecule has 2 heterocycles. The Hall–Kier alpha value is -1.22. The van der Waals surface area contributed by atoms with Gasteiger partial charge >= 0.3 is 0 Å². The summed E-state index contributed by atoms with van der Waals surface area (Å²) >= 11 is 0.